The second-order valence-corrected chi connectivity index (χ2v) is 4.59. The molecule has 82 valence electrons. The van der Waals surface area contributed by atoms with Crippen LogP contribution in [0.2, 0.25) is 0 Å². The molecule has 1 aromatic rings. The van der Waals surface area contributed by atoms with E-state index >= 15 is 0 Å². The van der Waals surface area contributed by atoms with Gasteiger partial charge in [-0.2, -0.15) is 11.8 Å². The summed E-state index contributed by atoms with van der Waals surface area (Å²) in [5.74, 6) is 0.0282. The number of aromatic nitrogens is 1. The second-order valence-electron chi connectivity index (χ2n) is 3.22. The zero-order chi connectivity index (χ0) is 11.3. The number of hydrogen-bond donors (Lipinski definition) is 2. The Bertz CT molecular complexity index is 318. The van der Waals surface area contributed by atoms with Crippen LogP contribution in [0.1, 0.15) is 12.5 Å². The minimum atomic E-state index is -1.09. The van der Waals surface area contributed by atoms with Gasteiger partial charge in [-0.15, -0.1) is 0 Å². The Balaban J connectivity index is 2.41. The van der Waals surface area contributed by atoms with E-state index < -0.39 is 12.0 Å². The first-order valence-corrected chi connectivity index (χ1v) is 5.64. The molecular weight excluding hydrogens is 212 g/mol. The van der Waals surface area contributed by atoms with Crippen LogP contribution in [-0.4, -0.2) is 27.4 Å². The molecule has 2 atom stereocenters. The summed E-state index contributed by atoms with van der Waals surface area (Å²) < 4.78 is 0. The highest BCUT2D eigenvalue weighted by atomic mass is 32.2. The lowest BCUT2D eigenvalue weighted by Gasteiger charge is -2.14. The number of aliphatic hydroxyl groups is 1. The Morgan fingerprint density at radius 3 is 3.00 bits per heavy atom. The van der Waals surface area contributed by atoms with Gasteiger partial charge in [0.2, 0.25) is 5.91 Å². The number of pyridine rings is 1. The number of thioether (sulfide) groups is 1. The molecule has 0 radical (unpaired) electrons. The SMILES string of the molecule is CC(SCc1cccnc1)C(O)C(N)=O. The standard InChI is InChI=1S/C10H14N2O2S/c1-7(9(13)10(11)14)15-6-8-3-2-4-12-5-8/h2-5,7,9,13H,6H2,1H3,(H2,11,14). The van der Waals surface area contributed by atoms with E-state index in [0.717, 1.165) is 5.56 Å². The maximum atomic E-state index is 10.7. The highest BCUT2D eigenvalue weighted by molar-refractivity contribution is 7.99. The van der Waals surface area contributed by atoms with Gasteiger partial charge in [0.1, 0.15) is 6.10 Å². The minimum Gasteiger partial charge on any atom is -0.382 e. The third kappa shape index (κ3) is 3.89. The van der Waals surface area contributed by atoms with Crippen LogP contribution >= 0.6 is 11.8 Å². The monoisotopic (exact) mass is 226 g/mol. The number of nitrogens with two attached hydrogens (primary N) is 1. The van der Waals surface area contributed by atoms with Crippen molar-refractivity contribution in [2.75, 3.05) is 0 Å². The van der Waals surface area contributed by atoms with E-state index in [-0.39, 0.29) is 5.25 Å². The summed E-state index contributed by atoms with van der Waals surface area (Å²) in [6, 6.07) is 3.80. The van der Waals surface area contributed by atoms with Crippen molar-refractivity contribution in [1.82, 2.24) is 4.98 Å². The molecule has 5 heteroatoms. The van der Waals surface area contributed by atoms with E-state index in [2.05, 4.69) is 4.98 Å². The molecule has 2 unspecified atom stereocenters. The van der Waals surface area contributed by atoms with Crippen LogP contribution in [0.3, 0.4) is 0 Å². The van der Waals surface area contributed by atoms with Crippen LogP contribution in [0.25, 0.3) is 0 Å². The van der Waals surface area contributed by atoms with E-state index in [1.54, 1.807) is 19.3 Å². The lowest BCUT2D eigenvalue weighted by molar-refractivity contribution is -0.125. The molecule has 0 fully saturated rings. The zero-order valence-electron chi connectivity index (χ0n) is 8.46. The van der Waals surface area contributed by atoms with Gasteiger partial charge in [0.15, 0.2) is 0 Å². The van der Waals surface area contributed by atoms with E-state index in [1.807, 2.05) is 12.1 Å². The van der Waals surface area contributed by atoms with Crippen molar-refractivity contribution in [2.24, 2.45) is 5.73 Å². The first-order valence-electron chi connectivity index (χ1n) is 4.59. The van der Waals surface area contributed by atoms with E-state index in [9.17, 15) is 9.90 Å². The molecule has 0 saturated carbocycles. The fourth-order valence-corrected chi connectivity index (χ4v) is 1.98. The Kier molecular flexibility index (Phi) is 4.58. The zero-order valence-corrected chi connectivity index (χ0v) is 9.28. The molecule has 3 N–H and O–H groups in total. The highest BCUT2D eigenvalue weighted by Crippen LogP contribution is 2.19. The van der Waals surface area contributed by atoms with Gasteiger partial charge in [0.05, 0.1) is 0 Å². The molecule has 0 bridgehead atoms. The number of primary amides is 1. The summed E-state index contributed by atoms with van der Waals surface area (Å²) in [7, 11) is 0. The largest absolute Gasteiger partial charge is 0.382 e. The van der Waals surface area contributed by atoms with Crippen molar-refractivity contribution in [3.05, 3.63) is 30.1 Å². The summed E-state index contributed by atoms with van der Waals surface area (Å²) in [6.07, 6.45) is 2.37. The predicted octanol–water partition coefficient (Wildman–Crippen LogP) is 0.550. The predicted molar refractivity (Wildman–Crippen MR) is 60.2 cm³/mol. The molecule has 1 amide bonds. The van der Waals surface area contributed by atoms with Crippen molar-refractivity contribution in [2.45, 2.75) is 24.0 Å². The van der Waals surface area contributed by atoms with Gasteiger partial charge in [0.25, 0.3) is 0 Å². The number of amides is 1. The molecule has 0 saturated heterocycles. The van der Waals surface area contributed by atoms with Crippen LogP contribution < -0.4 is 5.73 Å². The number of rotatable bonds is 5. The van der Waals surface area contributed by atoms with Crippen LogP contribution in [0, 0.1) is 0 Å². The maximum Gasteiger partial charge on any atom is 0.247 e. The third-order valence-electron chi connectivity index (χ3n) is 1.97. The molecule has 0 aromatic carbocycles. The first kappa shape index (κ1) is 12.0. The molecule has 0 aliphatic rings. The van der Waals surface area contributed by atoms with Gasteiger partial charge in [-0.3, -0.25) is 9.78 Å². The summed E-state index contributed by atoms with van der Waals surface area (Å²) in [5.41, 5.74) is 6.05. The maximum absolute atomic E-state index is 10.7. The Labute approximate surface area is 92.9 Å². The Morgan fingerprint density at radius 1 is 1.73 bits per heavy atom. The fourth-order valence-electron chi connectivity index (χ4n) is 1.03. The first-order chi connectivity index (χ1) is 7.11. The molecule has 0 aliphatic carbocycles. The number of carbonyl (C=O) groups is 1. The normalized spacial score (nSPS) is 14.5. The molecule has 1 heterocycles. The summed E-state index contributed by atoms with van der Waals surface area (Å²) in [4.78, 5) is 14.7. The summed E-state index contributed by atoms with van der Waals surface area (Å²) in [5, 5.41) is 9.16. The quantitative estimate of drug-likeness (QED) is 0.768. The molecule has 15 heavy (non-hydrogen) atoms. The number of nitrogens with zero attached hydrogens (tertiary/aromatic N) is 1. The van der Waals surface area contributed by atoms with E-state index in [4.69, 9.17) is 5.73 Å². The molecule has 1 rings (SSSR count). The molecule has 0 aliphatic heterocycles. The molecule has 4 nitrogen and oxygen atoms in total. The molecule has 0 spiro atoms. The van der Waals surface area contributed by atoms with Gasteiger partial charge < -0.3 is 10.8 Å². The van der Waals surface area contributed by atoms with Crippen molar-refractivity contribution < 1.29 is 9.90 Å². The summed E-state index contributed by atoms with van der Waals surface area (Å²) in [6.45, 7) is 1.77. The van der Waals surface area contributed by atoms with Crippen LogP contribution in [0.4, 0.5) is 0 Å². The highest BCUT2D eigenvalue weighted by Gasteiger charge is 2.19. The van der Waals surface area contributed by atoms with Gasteiger partial charge in [-0.1, -0.05) is 13.0 Å². The fraction of sp³-hybridized carbons (Fsp3) is 0.400. The number of aliphatic hydroxyl groups excluding tert-OH is 1. The topological polar surface area (TPSA) is 76.2 Å². The van der Waals surface area contributed by atoms with Gasteiger partial charge in [-0.05, 0) is 11.6 Å². The molecule has 1 aromatic heterocycles. The number of carbonyl (C=O) groups excluding carboxylic acids is 1. The van der Waals surface area contributed by atoms with Crippen molar-refractivity contribution in [3.63, 3.8) is 0 Å². The average Bonchev–Trinajstić information content (AvgIpc) is 2.26. The van der Waals surface area contributed by atoms with Crippen LogP contribution in [-0.2, 0) is 10.5 Å². The van der Waals surface area contributed by atoms with Gasteiger partial charge >= 0.3 is 0 Å². The average molecular weight is 226 g/mol. The van der Waals surface area contributed by atoms with E-state index in [0.29, 0.717) is 5.75 Å². The smallest absolute Gasteiger partial charge is 0.247 e. The van der Waals surface area contributed by atoms with Gasteiger partial charge in [0, 0.05) is 23.4 Å². The number of hydrogen-bond acceptors (Lipinski definition) is 4. The lowest BCUT2D eigenvalue weighted by atomic mass is 10.3. The lowest BCUT2D eigenvalue weighted by Crippen LogP contribution is -2.35. The van der Waals surface area contributed by atoms with Crippen LogP contribution in [0.15, 0.2) is 24.5 Å². The second kappa shape index (κ2) is 5.72. The van der Waals surface area contributed by atoms with Crippen LogP contribution in [0.5, 0.6) is 0 Å². The minimum absolute atomic E-state index is 0.206. The van der Waals surface area contributed by atoms with Crippen molar-refractivity contribution in [1.29, 1.82) is 0 Å². The van der Waals surface area contributed by atoms with Crippen molar-refractivity contribution >= 4 is 17.7 Å². The van der Waals surface area contributed by atoms with E-state index in [1.165, 1.54) is 11.8 Å². The third-order valence-corrected chi connectivity index (χ3v) is 3.26. The van der Waals surface area contributed by atoms with Gasteiger partial charge in [-0.25, -0.2) is 0 Å². The Hall–Kier alpha value is -1.07. The van der Waals surface area contributed by atoms with Crippen molar-refractivity contribution in [3.8, 4) is 0 Å². The molecular formula is C10H14N2O2S. The Morgan fingerprint density at radius 2 is 2.47 bits per heavy atom. The summed E-state index contributed by atoms with van der Waals surface area (Å²) >= 11 is 1.48.